The lowest BCUT2D eigenvalue weighted by molar-refractivity contribution is -0.108. The summed E-state index contributed by atoms with van der Waals surface area (Å²) >= 11 is 0. The molecule has 1 aliphatic rings. The first-order chi connectivity index (χ1) is 11.9. The number of carbonyl (C=O) groups is 2. The van der Waals surface area contributed by atoms with Gasteiger partial charge in [0.25, 0.3) is 0 Å². The summed E-state index contributed by atoms with van der Waals surface area (Å²) in [6.45, 7) is 9.64. The zero-order valence-corrected chi connectivity index (χ0v) is 15.1. The molecule has 6 nitrogen and oxygen atoms in total. The fourth-order valence-corrected chi connectivity index (χ4v) is 3.09. The van der Waals surface area contributed by atoms with E-state index in [0.717, 1.165) is 49.1 Å². The van der Waals surface area contributed by atoms with Crippen LogP contribution >= 0.6 is 0 Å². The molecule has 25 heavy (non-hydrogen) atoms. The molecule has 1 aliphatic heterocycles. The van der Waals surface area contributed by atoms with Gasteiger partial charge >= 0.3 is 6.09 Å². The van der Waals surface area contributed by atoms with Gasteiger partial charge in [-0.1, -0.05) is 0 Å². The maximum atomic E-state index is 12.3. The highest BCUT2D eigenvalue weighted by Crippen LogP contribution is 2.25. The average Bonchev–Trinajstić information content (AvgIpc) is 2.97. The third-order valence-corrected chi connectivity index (χ3v) is 4.33. The number of hydrogen-bond donors (Lipinski definition) is 0. The van der Waals surface area contributed by atoms with E-state index >= 15 is 0 Å². The molecule has 134 valence electrons. The van der Waals surface area contributed by atoms with Crippen LogP contribution in [0.4, 0.5) is 10.5 Å². The largest absolute Gasteiger partial charge is 0.443 e. The zero-order chi connectivity index (χ0) is 18.0. The summed E-state index contributed by atoms with van der Waals surface area (Å²) in [5, 5.41) is 1.01. The highest BCUT2D eigenvalue weighted by atomic mass is 16.6. The van der Waals surface area contributed by atoms with E-state index in [4.69, 9.17) is 4.74 Å². The highest BCUT2D eigenvalue weighted by molar-refractivity contribution is 5.91. The number of benzene rings is 1. The van der Waals surface area contributed by atoms with Crippen molar-refractivity contribution in [3.63, 3.8) is 0 Å². The van der Waals surface area contributed by atoms with Gasteiger partial charge in [0, 0.05) is 43.4 Å². The first kappa shape index (κ1) is 17.5. The number of aromatic nitrogens is 1. The zero-order valence-electron chi connectivity index (χ0n) is 15.1. The van der Waals surface area contributed by atoms with Gasteiger partial charge in [-0.05, 0) is 45.0 Å². The molecule has 0 saturated carbocycles. The Bertz CT molecular complexity index is 768. The van der Waals surface area contributed by atoms with Crippen LogP contribution in [-0.2, 0) is 9.53 Å². The summed E-state index contributed by atoms with van der Waals surface area (Å²) in [6, 6.07) is 8.04. The Kier molecular flexibility index (Phi) is 4.81. The van der Waals surface area contributed by atoms with Gasteiger partial charge in [-0.15, -0.1) is 0 Å². The molecule has 0 amide bonds. The lowest BCUT2D eigenvalue weighted by atomic mass is 10.2. The number of rotatable bonds is 3. The molecule has 0 bridgehead atoms. The Balaban J connectivity index is 1.76. The number of aldehydes is 1. The summed E-state index contributed by atoms with van der Waals surface area (Å²) in [7, 11) is 0. The Morgan fingerprint density at radius 2 is 1.88 bits per heavy atom. The SMILES string of the molecule is CC(C)(C)OC(=O)n1ccc2cc(N3CCN(CC=O)CC3)ccc21. The molecule has 1 fully saturated rings. The predicted octanol–water partition coefficient (Wildman–Crippen LogP) is 2.75. The third-order valence-electron chi connectivity index (χ3n) is 4.33. The Morgan fingerprint density at radius 3 is 2.52 bits per heavy atom. The van der Waals surface area contributed by atoms with Crippen molar-refractivity contribution < 1.29 is 14.3 Å². The summed E-state index contributed by atoms with van der Waals surface area (Å²) in [5.41, 5.74) is 1.47. The number of hydrogen-bond acceptors (Lipinski definition) is 5. The minimum atomic E-state index is -0.519. The predicted molar refractivity (Wildman–Crippen MR) is 98.3 cm³/mol. The van der Waals surface area contributed by atoms with Gasteiger partial charge in [-0.3, -0.25) is 9.47 Å². The number of carbonyl (C=O) groups excluding carboxylic acids is 2. The fraction of sp³-hybridized carbons (Fsp3) is 0.474. The van der Waals surface area contributed by atoms with Crippen molar-refractivity contribution in [1.82, 2.24) is 9.47 Å². The van der Waals surface area contributed by atoms with Crippen molar-refractivity contribution in [2.24, 2.45) is 0 Å². The second-order valence-corrected chi connectivity index (χ2v) is 7.36. The first-order valence-electron chi connectivity index (χ1n) is 8.63. The van der Waals surface area contributed by atoms with Gasteiger partial charge in [-0.25, -0.2) is 4.79 Å². The Morgan fingerprint density at radius 1 is 1.16 bits per heavy atom. The Hall–Kier alpha value is -2.34. The van der Waals surface area contributed by atoms with Gasteiger partial charge in [-0.2, -0.15) is 0 Å². The van der Waals surface area contributed by atoms with Gasteiger partial charge in [0.15, 0.2) is 0 Å². The number of nitrogens with zero attached hydrogens (tertiary/aromatic N) is 3. The van der Waals surface area contributed by atoms with Gasteiger partial charge in [0.05, 0.1) is 12.1 Å². The minimum Gasteiger partial charge on any atom is -0.443 e. The molecule has 2 heterocycles. The smallest absolute Gasteiger partial charge is 0.418 e. The number of ether oxygens (including phenoxy) is 1. The molecule has 0 aliphatic carbocycles. The molecule has 3 rings (SSSR count). The molecule has 0 atom stereocenters. The number of anilines is 1. The van der Waals surface area contributed by atoms with Crippen molar-refractivity contribution in [1.29, 1.82) is 0 Å². The van der Waals surface area contributed by atoms with Crippen molar-refractivity contribution in [2.75, 3.05) is 37.6 Å². The molecule has 1 aromatic heterocycles. The standard InChI is InChI=1S/C19H25N3O3/c1-19(2,3)25-18(24)22-7-6-15-14-16(4-5-17(15)22)21-10-8-20(9-11-21)12-13-23/h4-7,13-14H,8-12H2,1-3H3. The molecule has 0 spiro atoms. The normalized spacial score (nSPS) is 16.2. The Labute approximate surface area is 147 Å². The van der Waals surface area contributed by atoms with E-state index in [1.807, 2.05) is 39.0 Å². The molecule has 1 aromatic carbocycles. The molecule has 0 radical (unpaired) electrons. The van der Waals surface area contributed by atoms with E-state index in [0.29, 0.717) is 6.54 Å². The first-order valence-corrected chi connectivity index (χ1v) is 8.63. The van der Waals surface area contributed by atoms with Gasteiger partial charge in [0.2, 0.25) is 0 Å². The number of fused-ring (bicyclic) bond motifs is 1. The van der Waals surface area contributed by atoms with Gasteiger partial charge < -0.3 is 14.4 Å². The third kappa shape index (κ3) is 4.02. The summed E-state index contributed by atoms with van der Waals surface area (Å²) in [6.07, 6.45) is 2.35. The van der Waals surface area contributed by atoms with Crippen molar-refractivity contribution in [3.05, 3.63) is 30.5 Å². The van der Waals surface area contributed by atoms with E-state index < -0.39 is 5.60 Å². The molecular weight excluding hydrogens is 318 g/mol. The molecular formula is C19H25N3O3. The van der Waals surface area contributed by atoms with Crippen LogP contribution in [0.3, 0.4) is 0 Å². The molecule has 0 unspecified atom stereocenters. The van der Waals surface area contributed by atoms with Crippen LogP contribution in [0.15, 0.2) is 30.5 Å². The molecule has 0 N–H and O–H groups in total. The van der Waals surface area contributed by atoms with E-state index in [1.54, 1.807) is 10.8 Å². The highest BCUT2D eigenvalue weighted by Gasteiger charge is 2.20. The number of piperazine rings is 1. The monoisotopic (exact) mass is 343 g/mol. The van der Waals surface area contributed by atoms with Crippen LogP contribution in [0.2, 0.25) is 0 Å². The van der Waals surface area contributed by atoms with E-state index in [-0.39, 0.29) is 6.09 Å². The van der Waals surface area contributed by atoms with E-state index in [2.05, 4.69) is 15.9 Å². The second-order valence-electron chi connectivity index (χ2n) is 7.36. The maximum absolute atomic E-state index is 12.3. The second kappa shape index (κ2) is 6.88. The lowest BCUT2D eigenvalue weighted by Gasteiger charge is -2.35. The summed E-state index contributed by atoms with van der Waals surface area (Å²) < 4.78 is 7.00. The summed E-state index contributed by atoms with van der Waals surface area (Å²) in [5.74, 6) is 0. The van der Waals surface area contributed by atoms with E-state index in [9.17, 15) is 9.59 Å². The van der Waals surface area contributed by atoms with Crippen LogP contribution in [0.5, 0.6) is 0 Å². The minimum absolute atomic E-state index is 0.363. The lowest BCUT2D eigenvalue weighted by Crippen LogP contribution is -2.46. The van der Waals surface area contributed by atoms with E-state index in [1.165, 1.54) is 0 Å². The van der Waals surface area contributed by atoms with Crippen LogP contribution in [0.1, 0.15) is 20.8 Å². The maximum Gasteiger partial charge on any atom is 0.418 e. The van der Waals surface area contributed by atoms with Crippen molar-refractivity contribution in [3.8, 4) is 0 Å². The molecule has 6 heteroatoms. The molecule has 2 aromatic rings. The average molecular weight is 343 g/mol. The van der Waals surface area contributed by atoms with Crippen molar-refractivity contribution in [2.45, 2.75) is 26.4 Å². The van der Waals surface area contributed by atoms with Crippen LogP contribution in [0, 0.1) is 0 Å². The van der Waals surface area contributed by atoms with Crippen LogP contribution in [-0.4, -0.2) is 60.2 Å². The summed E-state index contributed by atoms with van der Waals surface area (Å²) in [4.78, 5) is 27.4. The topological polar surface area (TPSA) is 54.8 Å². The van der Waals surface area contributed by atoms with Crippen molar-refractivity contribution >= 4 is 29.0 Å². The van der Waals surface area contributed by atoms with Gasteiger partial charge in [0.1, 0.15) is 11.9 Å². The van der Waals surface area contributed by atoms with Crippen LogP contribution < -0.4 is 4.90 Å². The van der Waals surface area contributed by atoms with Crippen LogP contribution in [0.25, 0.3) is 10.9 Å². The fourth-order valence-electron chi connectivity index (χ4n) is 3.09. The quantitative estimate of drug-likeness (QED) is 0.802. The molecule has 1 saturated heterocycles.